The quantitative estimate of drug-likeness (QED) is 0.726. The molecular weight excluding hydrogens is 374 g/mol. The molecule has 9 nitrogen and oxygen atoms in total. The smallest absolute Gasteiger partial charge is 0.272 e. The molecule has 0 bridgehead atoms. The Bertz CT molecular complexity index is 1090. The summed E-state index contributed by atoms with van der Waals surface area (Å²) in [5, 5.41) is 11.3. The van der Waals surface area contributed by atoms with Crippen LogP contribution in [0.15, 0.2) is 28.8 Å². The monoisotopic (exact) mass is 393 g/mol. The van der Waals surface area contributed by atoms with Gasteiger partial charge in [-0.15, -0.1) is 0 Å². The van der Waals surface area contributed by atoms with E-state index >= 15 is 0 Å². The summed E-state index contributed by atoms with van der Waals surface area (Å²) in [5.74, 6) is 3.01. The molecule has 4 heterocycles. The topological polar surface area (TPSA) is 106 Å². The van der Waals surface area contributed by atoms with Crippen molar-refractivity contribution in [2.45, 2.75) is 37.6 Å². The third-order valence-corrected chi connectivity index (χ3v) is 5.68. The molecule has 2 aromatic heterocycles. The second-order valence-corrected chi connectivity index (χ2v) is 7.66. The molecule has 2 fully saturated rings. The fourth-order valence-electron chi connectivity index (χ4n) is 3.95. The van der Waals surface area contributed by atoms with Gasteiger partial charge in [-0.25, -0.2) is 0 Å². The molecule has 29 heavy (non-hydrogen) atoms. The number of carbonyl (C=O) groups excluding carboxylic acids is 1. The molecule has 2 aliphatic heterocycles. The van der Waals surface area contributed by atoms with Gasteiger partial charge < -0.3 is 18.9 Å². The molecule has 0 spiro atoms. The lowest BCUT2D eigenvalue weighted by atomic mass is 10.1. The van der Waals surface area contributed by atoms with E-state index < -0.39 is 0 Å². The average Bonchev–Trinajstić information content (AvgIpc) is 3.24. The number of ether oxygens (including phenoxy) is 2. The standard InChI is InChI=1S/C20H19N5O4/c26-20(25-7-1-2-15(25)19-21-18(24-29-19)11-3-4-11)14-9-13(22-23-14)12-5-6-16-17(8-12)28-10-27-16/h5-6,8-9,11,15H,1-4,7,10H2,(H,22,23). The third kappa shape index (κ3) is 2.84. The van der Waals surface area contributed by atoms with Gasteiger partial charge in [-0.3, -0.25) is 9.89 Å². The number of aromatic amines is 1. The van der Waals surface area contributed by atoms with Gasteiger partial charge in [0.25, 0.3) is 5.91 Å². The summed E-state index contributed by atoms with van der Waals surface area (Å²) in [7, 11) is 0. The van der Waals surface area contributed by atoms with Crippen molar-refractivity contribution in [3.05, 3.63) is 41.7 Å². The van der Waals surface area contributed by atoms with Crippen molar-refractivity contribution in [2.24, 2.45) is 0 Å². The van der Waals surface area contributed by atoms with Crippen LogP contribution in [0, 0.1) is 0 Å². The van der Waals surface area contributed by atoms with Gasteiger partial charge in [-0.1, -0.05) is 5.16 Å². The predicted molar refractivity (Wildman–Crippen MR) is 99.4 cm³/mol. The Morgan fingerprint density at radius 2 is 2.03 bits per heavy atom. The Morgan fingerprint density at radius 1 is 1.14 bits per heavy atom. The van der Waals surface area contributed by atoms with Crippen LogP contribution in [-0.4, -0.2) is 44.5 Å². The van der Waals surface area contributed by atoms with Crippen LogP contribution in [-0.2, 0) is 0 Å². The summed E-state index contributed by atoms with van der Waals surface area (Å²) in [5.41, 5.74) is 1.97. The largest absolute Gasteiger partial charge is 0.454 e. The van der Waals surface area contributed by atoms with Crippen molar-refractivity contribution >= 4 is 5.91 Å². The minimum absolute atomic E-state index is 0.113. The predicted octanol–water partition coefficient (Wildman–Crippen LogP) is 3.04. The van der Waals surface area contributed by atoms with Gasteiger partial charge in [0, 0.05) is 18.0 Å². The van der Waals surface area contributed by atoms with Gasteiger partial charge in [-0.2, -0.15) is 10.1 Å². The minimum Gasteiger partial charge on any atom is -0.454 e. The molecule has 1 aromatic carbocycles. The van der Waals surface area contributed by atoms with Gasteiger partial charge in [-0.05, 0) is 49.9 Å². The number of hydrogen-bond donors (Lipinski definition) is 1. The van der Waals surface area contributed by atoms with Gasteiger partial charge >= 0.3 is 0 Å². The Morgan fingerprint density at radius 3 is 2.93 bits per heavy atom. The van der Waals surface area contributed by atoms with Crippen LogP contribution in [0.1, 0.15) is 59.8 Å². The molecule has 9 heteroatoms. The molecule has 6 rings (SSSR count). The van der Waals surface area contributed by atoms with Crippen molar-refractivity contribution in [3.8, 4) is 22.8 Å². The first-order valence-corrected chi connectivity index (χ1v) is 9.86. The Kier molecular flexibility index (Phi) is 3.62. The average molecular weight is 393 g/mol. The van der Waals surface area contributed by atoms with Crippen LogP contribution >= 0.6 is 0 Å². The summed E-state index contributed by atoms with van der Waals surface area (Å²) in [4.78, 5) is 19.5. The number of carbonyl (C=O) groups is 1. The van der Waals surface area contributed by atoms with E-state index in [0.29, 0.717) is 41.2 Å². The number of benzene rings is 1. The van der Waals surface area contributed by atoms with Crippen LogP contribution in [0.2, 0.25) is 0 Å². The first-order chi connectivity index (χ1) is 14.3. The molecule has 1 N–H and O–H groups in total. The number of likely N-dealkylation sites (tertiary alicyclic amines) is 1. The molecule has 148 valence electrons. The van der Waals surface area contributed by atoms with Crippen LogP contribution in [0.25, 0.3) is 11.3 Å². The van der Waals surface area contributed by atoms with Gasteiger partial charge in [0.2, 0.25) is 12.7 Å². The first-order valence-electron chi connectivity index (χ1n) is 9.86. The summed E-state index contributed by atoms with van der Waals surface area (Å²) >= 11 is 0. The summed E-state index contributed by atoms with van der Waals surface area (Å²) in [6, 6.07) is 7.19. The molecule has 1 aliphatic carbocycles. The number of hydrogen-bond acceptors (Lipinski definition) is 7. The molecule has 1 saturated carbocycles. The van der Waals surface area contributed by atoms with Crippen molar-refractivity contribution in [3.63, 3.8) is 0 Å². The molecule has 1 amide bonds. The normalized spacial score (nSPS) is 20.4. The molecule has 1 unspecified atom stereocenters. The lowest BCUT2D eigenvalue weighted by Gasteiger charge is -2.20. The fraction of sp³-hybridized carbons (Fsp3) is 0.400. The van der Waals surface area contributed by atoms with Crippen molar-refractivity contribution < 1.29 is 18.8 Å². The number of H-pyrrole nitrogens is 1. The Hall–Kier alpha value is -3.36. The van der Waals surface area contributed by atoms with E-state index in [1.54, 1.807) is 11.0 Å². The zero-order valence-electron chi connectivity index (χ0n) is 15.6. The van der Waals surface area contributed by atoms with E-state index in [-0.39, 0.29) is 18.7 Å². The third-order valence-electron chi connectivity index (χ3n) is 5.68. The maximum absolute atomic E-state index is 13.1. The van der Waals surface area contributed by atoms with E-state index in [9.17, 15) is 4.79 Å². The van der Waals surface area contributed by atoms with Crippen LogP contribution in [0.4, 0.5) is 0 Å². The Balaban J connectivity index is 1.24. The summed E-state index contributed by atoms with van der Waals surface area (Å²) < 4.78 is 16.2. The van der Waals surface area contributed by atoms with Gasteiger partial charge in [0.15, 0.2) is 17.3 Å². The number of amides is 1. The number of fused-ring (bicyclic) bond motifs is 1. The van der Waals surface area contributed by atoms with Crippen molar-refractivity contribution in [1.29, 1.82) is 0 Å². The lowest BCUT2D eigenvalue weighted by molar-refractivity contribution is 0.0704. The zero-order chi connectivity index (χ0) is 19.4. The minimum atomic E-state index is -0.181. The molecule has 0 radical (unpaired) electrons. The van der Waals surface area contributed by atoms with Crippen LogP contribution in [0.5, 0.6) is 11.5 Å². The summed E-state index contributed by atoms with van der Waals surface area (Å²) in [6.07, 6.45) is 3.95. The highest BCUT2D eigenvalue weighted by atomic mass is 16.7. The van der Waals surface area contributed by atoms with Gasteiger partial charge in [0.1, 0.15) is 11.7 Å². The lowest BCUT2D eigenvalue weighted by Crippen LogP contribution is -2.31. The first kappa shape index (κ1) is 16.6. The van der Waals surface area contributed by atoms with E-state index in [1.807, 2.05) is 18.2 Å². The molecule has 3 aliphatic rings. The molecule has 1 atom stereocenters. The molecule has 3 aromatic rings. The van der Waals surface area contributed by atoms with Crippen molar-refractivity contribution in [1.82, 2.24) is 25.2 Å². The van der Waals surface area contributed by atoms with E-state index in [0.717, 1.165) is 37.1 Å². The van der Waals surface area contributed by atoms with E-state index in [1.165, 1.54) is 0 Å². The Labute approximate surface area is 166 Å². The van der Waals surface area contributed by atoms with Crippen LogP contribution in [0.3, 0.4) is 0 Å². The summed E-state index contributed by atoms with van der Waals surface area (Å²) in [6.45, 7) is 0.876. The maximum atomic E-state index is 13.1. The van der Waals surface area contributed by atoms with Crippen molar-refractivity contribution in [2.75, 3.05) is 13.3 Å². The molecular formula is C20H19N5O4. The highest BCUT2D eigenvalue weighted by molar-refractivity contribution is 5.93. The van der Waals surface area contributed by atoms with Gasteiger partial charge in [0.05, 0.1) is 5.69 Å². The fourth-order valence-corrected chi connectivity index (χ4v) is 3.95. The van der Waals surface area contributed by atoms with E-state index in [4.69, 9.17) is 14.0 Å². The zero-order valence-corrected chi connectivity index (χ0v) is 15.6. The second kappa shape index (κ2) is 6.33. The van der Waals surface area contributed by atoms with Crippen LogP contribution < -0.4 is 9.47 Å². The van der Waals surface area contributed by atoms with E-state index in [2.05, 4.69) is 20.3 Å². The highest BCUT2D eigenvalue weighted by Crippen LogP contribution is 2.40. The second-order valence-electron chi connectivity index (χ2n) is 7.66. The number of rotatable bonds is 4. The number of nitrogens with zero attached hydrogens (tertiary/aromatic N) is 4. The number of aromatic nitrogens is 4. The maximum Gasteiger partial charge on any atom is 0.272 e. The SMILES string of the molecule is O=C(c1cc(-c2ccc3c(c2)OCO3)n[nH]1)N1CCCC1c1nc(C2CC2)no1. The number of nitrogens with one attached hydrogen (secondary N) is 1. The molecule has 1 saturated heterocycles. The highest BCUT2D eigenvalue weighted by Gasteiger charge is 2.37.